The maximum atomic E-state index is 6.97. The number of benzene rings is 2. The molecule has 154 valence electrons. The number of hydrogen-bond acceptors (Lipinski definition) is 4. The number of methoxy groups -OCH3 is 1. The van der Waals surface area contributed by atoms with Crippen LogP contribution in [0.25, 0.3) is 11.3 Å². The first kappa shape index (κ1) is 20.9. The van der Waals surface area contributed by atoms with Gasteiger partial charge in [-0.25, -0.2) is 4.98 Å². The van der Waals surface area contributed by atoms with Crippen LogP contribution in [-0.2, 0) is 5.54 Å². The number of nitrogens with two attached hydrogens (primary N) is 1. The van der Waals surface area contributed by atoms with Gasteiger partial charge in [-0.05, 0) is 43.0 Å². The van der Waals surface area contributed by atoms with E-state index in [1.807, 2.05) is 37.3 Å². The summed E-state index contributed by atoms with van der Waals surface area (Å²) in [6.07, 6.45) is 9.55. The summed E-state index contributed by atoms with van der Waals surface area (Å²) in [6, 6.07) is 16.0. The van der Waals surface area contributed by atoms with Crippen molar-refractivity contribution >= 4 is 22.9 Å². The van der Waals surface area contributed by atoms with Gasteiger partial charge < -0.3 is 10.5 Å². The Kier molecular flexibility index (Phi) is 5.88. The van der Waals surface area contributed by atoms with E-state index in [9.17, 15) is 0 Å². The molecular weight excluding hydrogens is 412 g/mol. The Labute approximate surface area is 187 Å². The highest BCUT2D eigenvalue weighted by atomic mass is 35.5. The van der Waals surface area contributed by atoms with Crippen molar-refractivity contribution in [1.29, 1.82) is 0 Å². The maximum absolute atomic E-state index is 6.97. The second-order valence-electron chi connectivity index (χ2n) is 7.93. The van der Waals surface area contributed by atoms with E-state index in [-0.39, 0.29) is 5.92 Å². The Bertz CT molecular complexity index is 1080. The van der Waals surface area contributed by atoms with Gasteiger partial charge in [0.1, 0.15) is 16.3 Å². The molecule has 0 bridgehead atoms. The Morgan fingerprint density at radius 2 is 2.03 bits per heavy atom. The molecule has 4 rings (SSSR count). The lowest BCUT2D eigenvalue weighted by Crippen LogP contribution is -2.41. The number of nitrogens with zero attached hydrogens (tertiary/aromatic N) is 1. The Hall–Kier alpha value is -2.32. The summed E-state index contributed by atoms with van der Waals surface area (Å²) in [7, 11) is 1.62. The monoisotopic (exact) mass is 436 g/mol. The van der Waals surface area contributed by atoms with Gasteiger partial charge in [-0.1, -0.05) is 60.7 Å². The van der Waals surface area contributed by atoms with Crippen molar-refractivity contribution in [2.75, 3.05) is 7.11 Å². The molecule has 2 atom stereocenters. The molecule has 1 aliphatic carbocycles. The third-order valence-corrected chi connectivity index (χ3v) is 7.27. The molecule has 1 heterocycles. The van der Waals surface area contributed by atoms with Crippen molar-refractivity contribution in [3.05, 3.63) is 69.0 Å². The van der Waals surface area contributed by atoms with Crippen LogP contribution in [0.15, 0.2) is 48.5 Å². The van der Waals surface area contributed by atoms with Crippen molar-refractivity contribution in [3.63, 3.8) is 0 Å². The van der Waals surface area contributed by atoms with Crippen molar-refractivity contribution < 1.29 is 4.74 Å². The molecule has 1 fully saturated rings. The lowest BCUT2D eigenvalue weighted by atomic mass is 9.77. The molecular formula is C25H25ClN2OS. The fraction of sp³-hybridized carbons (Fsp3) is 0.320. The molecule has 0 aliphatic heterocycles. The summed E-state index contributed by atoms with van der Waals surface area (Å²) < 4.78 is 5.27. The smallest absolute Gasteiger partial charge is 0.136 e. The fourth-order valence-electron chi connectivity index (χ4n) is 3.91. The van der Waals surface area contributed by atoms with Crippen molar-refractivity contribution in [2.24, 2.45) is 11.7 Å². The van der Waals surface area contributed by atoms with Gasteiger partial charge in [-0.3, -0.25) is 0 Å². The second kappa shape index (κ2) is 8.43. The summed E-state index contributed by atoms with van der Waals surface area (Å²) >= 11 is 8.08. The van der Waals surface area contributed by atoms with E-state index in [1.54, 1.807) is 24.5 Å². The molecule has 1 aliphatic rings. The molecule has 1 unspecified atom stereocenters. The van der Waals surface area contributed by atoms with Crippen LogP contribution in [0.4, 0.5) is 0 Å². The zero-order valence-electron chi connectivity index (χ0n) is 17.2. The van der Waals surface area contributed by atoms with E-state index in [0.717, 1.165) is 27.6 Å². The van der Waals surface area contributed by atoms with Crippen LogP contribution in [0, 0.1) is 25.2 Å². The molecule has 0 amide bonds. The lowest BCUT2D eigenvalue weighted by molar-refractivity contribution is 0.410. The summed E-state index contributed by atoms with van der Waals surface area (Å²) in [4.78, 5) is 5.98. The summed E-state index contributed by atoms with van der Waals surface area (Å²) in [6.45, 7) is 2.03. The first-order chi connectivity index (χ1) is 14.5. The van der Waals surface area contributed by atoms with E-state index in [0.29, 0.717) is 16.7 Å². The number of rotatable bonds is 7. The van der Waals surface area contributed by atoms with Gasteiger partial charge in [-0.2, -0.15) is 0 Å². The predicted molar refractivity (Wildman–Crippen MR) is 125 cm³/mol. The van der Waals surface area contributed by atoms with Gasteiger partial charge in [0, 0.05) is 16.4 Å². The van der Waals surface area contributed by atoms with Gasteiger partial charge in [-0.15, -0.1) is 17.8 Å². The van der Waals surface area contributed by atoms with E-state index in [1.165, 1.54) is 18.4 Å². The molecule has 1 aromatic heterocycles. The number of aryl methyl sites for hydroxylation is 1. The minimum atomic E-state index is -0.976. The highest BCUT2D eigenvalue weighted by molar-refractivity contribution is 7.12. The summed E-state index contributed by atoms with van der Waals surface area (Å²) in [5, 5.41) is 1.36. The van der Waals surface area contributed by atoms with E-state index in [2.05, 4.69) is 18.1 Å². The normalized spacial score (nSPS) is 16.5. The number of hydrogen-bond donors (Lipinski definition) is 1. The van der Waals surface area contributed by atoms with Crippen molar-refractivity contribution in [3.8, 4) is 29.4 Å². The zero-order chi connectivity index (χ0) is 21.3. The number of halogens is 1. The van der Waals surface area contributed by atoms with Crippen LogP contribution in [0.5, 0.6) is 5.75 Å². The van der Waals surface area contributed by atoms with Crippen LogP contribution < -0.4 is 10.5 Å². The predicted octanol–water partition coefficient (Wildman–Crippen LogP) is 6.15. The average molecular weight is 437 g/mol. The Morgan fingerprint density at radius 3 is 2.63 bits per heavy atom. The highest BCUT2D eigenvalue weighted by Gasteiger charge is 2.42. The molecule has 0 spiro atoms. The number of aromatic nitrogens is 1. The van der Waals surface area contributed by atoms with Crippen molar-refractivity contribution in [1.82, 2.24) is 4.98 Å². The summed E-state index contributed by atoms with van der Waals surface area (Å²) in [5.74, 6) is 4.33. The minimum absolute atomic E-state index is 0.0148. The van der Waals surface area contributed by atoms with Crippen LogP contribution in [0.1, 0.15) is 40.6 Å². The molecule has 1 saturated carbocycles. The van der Waals surface area contributed by atoms with Gasteiger partial charge >= 0.3 is 0 Å². The quantitative estimate of drug-likeness (QED) is 0.451. The standard InChI is InChI=1S/C25H25ClN2OS/c1-4-25(27,21(14-17-10-11-17)18-8-6-5-7-9-18)24-28-23(16(2)30-24)20-13-12-19(29-3)15-22(20)26/h1,5-9,12-13,15,17,21H,10-11,14,27H2,2-3H3/t21-,25?/m0/s1. The first-order valence-corrected chi connectivity index (χ1v) is 11.3. The molecule has 5 heteroatoms. The molecule has 2 aromatic carbocycles. The molecule has 0 radical (unpaired) electrons. The topological polar surface area (TPSA) is 48.1 Å². The zero-order valence-corrected chi connectivity index (χ0v) is 18.8. The number of ether oxygens (including phenoxy) is 1. The van der Waals surface area contributed by atoms with Crippen molar-refractivity contribution in [2.45, 2.75) is 37.6 Å². The van der Waals surface area contributed by atoms with Crippen LogP contribution in [-0.4, -0.2) is 12.1 Å². The van der Waals surface area contributed by atoms with Gasteiger partial charge in [0.15, 0.2) is 0 Å². The van der Waals surface area contributed by atoms with Crippen LogP contribution >= 0.6 is 22.9 Å². The second-order valence-corrected chi connectivity index (χ2v) is 9.54. The lowest BCUT2D eigenvalue weighted by Gasteiger charge is -2.32. The number of terminal acetylenes is 1. The molecule has 30 heavy (non-hydrogen) atoms. The minimum Gasteiger partial charge on any atom is -0.497 e. The molecule has 2 N–H and O–H groups in total. The molecule has 3 nitrogen and oxygen atoms in total. The van der Waals surface area contributed by atoms with E-state index in [4.69, 9.17) is 33.5 Å². The summed E-state index contributed by atoms with van der Waals surface area (Å²) in [5.41, 5.74) is 8.85. The van der Waals surface area contributed by atoms with E-state index >= 15 is 0 Å². The van der Waals surface area contributed by atoms with Crippen LogP contribution in [0.3, 0.4) is 0 Å². The third kappa shape index (κ3) is 3.98. The first-order valence-electron chi connectivity index (χ1n) is 10.1. The van der Waals surface area contributed by atoms with E-state index < -0.39 is 5.54 Å². The third-order valence-electron chi connectivity index (χ3n) is 5.84. The highest BCUT2D eigenvalue weighted by Crippen LogP contribution is 2.47. The largest absolute Gasteiger partial charge is 0.497 e. The van der Waals surface area contributed by atoms with Crippen LogP contribution in [0.2, 0.25) is 5.02 Å². The molecule has 3 aromatic rings. The Morgan fingerprint density at radius 1 is 1.30 bits per heavy atom. The Balaban J connectivity index is 1.77. The average Bonchev–Trinajstić information content (AvgIpc) is 3.51. The maximum Gasteiger partial charge on any atom is 0.136 e. The van der Waals surface area contributed by atoms with Gasteiger partial charge in [0.05, 0.1) is 17.8 Å². The SMILES string of the molecule is C#CC(N)(c1nc(-c2ccc(OC)cc2Cl)c(C)s1)[C@@H](CC1CC1)c1ccccc1. The van der Waals surface area contributed by atoms with Gasteiger partial charge in [0.2, 0.25) is 0 Å². The number of thiazole rings is 1. The van der Waals surface area contributed by atoms with Gasteiger partial charge in [0.25, 0.3) is 0 Å². The fourth-order valence-corrected chi connectivity index (χ4v) is 5.22. The molecule has 0 saturated heterocycles.